The van der Waals surface area contributed by atoms with Crippen LogP contribution in [0.15, 0.2) is 55.5 Å². The van der Waals surface area contributed by atoms with E-state index in [4.69, 9.17) is 9.57 Å². The second-order valence-corrected chi connectivity index (χ2v) is 8.95. The first kappa shape index (κ1) is 21.7. The molecule has 0 radical (unpaired) electrons. The molecule has 0 unspecified atom stereocenters. The van der Waals surface area contributed by atoms with Gasteiger partial charge in [0.1, 0.15) is 19.5 Å². The van der Waals surface area contributed by atoms with Crippen LogP contribution in [0.4, 0.5) is 0 Å². The van der Waals surface area contributed by atoms with Crippen molar-refractivity contribution in [1.82, 2.24) is 5.32 Å². The number of carbonyl (C=O) groups excluding carboxylic acids is 1. The SMILES string of the molecule is CNC(=O)C(=NOC)c1ccccc1COc1cc(Br)ccc1C=C(Br)Br. The van der Waals surface area contributed by atoms with Crippen LogP contribution >= 0.6 is 47.8 Å². The number of rotatable bonds is 7. The van der Waals surface area contributed by atoms with E-state index in [1.54, 1.807) is 7.05 Å². The van der Waals surface area contributed by atoms with Crippen LogP contribution in [-0.2, 0) is 16.2 Å². The Bertz CT molecular complexity index is 878. The van der Waals surface area contributed by atoms with Gasteiger partial charge in [-0.2, -0.15) is 0 Å². The van der Waals surface area contributed by atoms with Gasteiger partial charge < -0.3 is 14.9 Å². The van der Waals surface area contributed by atoms with Gasteiger partial charge >= 0.3 is 0 Å². The third-order valence-corrected chi connectivity index (χ3v) is 4.47. The Hall–Kier alpha value is -1.64. The zero-order valence-corrected chi connectivity index (χ0v) is 19.4. The summed E-state index contributed by atoms with van der Waals surface area (Å²) in [5, 5.41) is 6.44. The zero-order valence-electron chi connectivity index (χ0n) is 14.6. The van der Waals surface area contributed by atoms with E-state index in [1.807, 2.05) is 48.5 Å². The average Bonchev–Trinajstić information content (AvgIpc) is 2.65. The van der Waals surface area contributed by atoms with Crippen LogP contribution in [0.25, 0.3) is 6.08 Å². The third-order valence-electron chi connectivity index (χ3n) is 3.52. The lowest BCUT2D eigenvalue weighted by molar-refractivity contribution is -0.114. The van der Waals surface area contributed by atoms with Gasteiger partial charge in [-0.3, -0.25) is 4.79 Å². The second-order valence-electron chi connectivity index (χ2n) is 5.26. The Morgan fingerprint density at radius 1 is 1.22 bits per heavy atom. The molecule has 0 fully saturated rings. The van der Waals surface area contributed by atoms with Gasteiger partial charge in [0, 0.05) is 22.6 Å². The molecule has 2 aromatic rings. The van der Waals surface area contributed by atoms with E-state index >= 15 is 0 Å². The van der Waals surface area contributed by atoms with Crippen molar-refractivity contribution >= 4 is 65.5 Å². The lowest BCUT2D eigenvalue weighted by Crippen LogP contribution is -2.29. The highest BCUT2D eigenvalue weighted by Crippen LogP contribution is 2.29. The summed E-state index contributed by atoms with van der Waals surface area (Å²) in [5.41, 5.74) is 2.55. The van der Waals surface area contributed by atoms with Gasteiger partial charge in [-0.05, 0) is 55.6 Å². The summed E-state index contributed by atoms with van der Waals surface area (Å²) >= 11 is 10.2. The molecule has 0 saturated carbocycles. The maximum Gasteiger partial charge on any atom is 0.273 e. The largest absolute Gasteiger partial charge is 0.488 e. The van der Waals surface area contributed by atoms with Crippen LogP contribution in [0.1, 0.15) is 16.7 Å². The molecule has 0 aliphatic rings. The quantitative estimate of drug-likeness (QED) is 0.373. The van der Waals surface area contributed by atoms with Gasteiger partial charge in [-0.25, -0.2) is 0 Å². The molecule has 5 nitrogen and oxygen atoms in total. The number of nitrogens with one attached hydrogen (secondary N) is 1. The Balaban J connectivity index is 2.35. The van der Waals surface area contributed by atoms with Crippen LogP contribution in [0.3, 0.4) is 0 Å². The molecule has 0 atom stereocenters. The van der Waals surface area contributed by atoms with Crippen molar-refractivity contribution in [2.45, 2.75) is 6.61 Å². The van der Waals surface area contributed by atoms with Gasteiger partial charge in [0.2, 0.25) is 0 Å². The number of likely N-dealkylation sites (N-methyl/N-ethyl adjacent to an activating group) is 1. The summed E-state index contributed by atoms with van der Waals surface area (Å²) in [6.07, 6.45) is 1.90. The molecule has 1 amide bonds. The minimum atomic E-state index is -0.335. The van der Waals surface area contributed by atoms with E-state index in [1.165, 1.54) is 7.11 Å². The molecule has 0 saturated heterocycles. The zero-order chi connectivity index (χ0) is 19.8. The first-order valence-electron chi connectivity index (χ1n) is 7.82. The van der Waals surface area contributed by atoms with Crippen molar-refractivity contribution in [3.05, 3.63) is 67.0 Å². The number of amides is 1. The molecule has 0 bridgehead atoms. The minimum Gasteiger partial charge on any atom is -0.488 e. The van der Waals surface area contributed by atoms with E-state index in [2.05, 4.69) is 58.3 Å². The number of nitrogens with zero attached hydrogens (tertiary/aromatic N) is 1. The van der Waals surface area contributed by atoms with Gasteiger partial charge in [0.15, 0.2) is 5.71 Å². The number of carbonyl (C=O) groups is 1. The molecule has 2 rings (SSSR count). The summed E-state index contributed by atoms with van der Waals surface area (Å²) in [6.45, 7) is 0.257. The molecule has 0 spiro atoms. The normalized spacial score (nSPS) is 10.9. The molecule has 0 aromatic heterocycles. The maximum atomic E-state index is 12.2. The van der Waals surface area contributed by atoms with Crippen molar-refractivity contribution in [1.29, 1.82) is 0 Å². The number of hydrogen-bond donors (Lipinski definition) is 1. The Morgan fingerprint density at radius 2 is 1.96 bits per heavy atom. The van der Waals surface area contributed by atoms with Crippen molar-refractivity contribution in [2.24, 2.45) is 5.16 Å². The van der Waals surface area contributed by atoms with Gasteiger partial charge in [0.25, 0.3) is 5.91 Å². The Morgan fingerprint density at radius 3 is 2.63 bits per heavy atom. The maximum absolute atomic E-state index is 12.2. The average molecular weight is 561 g/mol. The first-order chi connectivity index (χ1) is 13.0. The van der Waals surface area contributed by atoms with Crippen LogP contribution in [0.5, 0.6) is 5.75 Å². The number of ether oxygens (including phenoxy) is 1. The van der Waals surface area contributed by atoms with Crippen LogP contribution in [0.2, 0.25) is 0 Å². The summed E-state index contributed by atoms with van der Waals surface area (Å²) in [5.74, 6) is 0.361. The van der Waals surface area contributed by atoms with Crippen molar-refractivity contribution < 1.29 is 14.4 Å². The van der Waals surface area contributed by atoms with Crippen LogP contribution in [0, 0.1) is 0 Å². The lowest BCUT2D eigenvalue weighted by atomic mass is 10.0. The second kappa shape index (κ2) is 10.6. The topological polar surface area (TPSA) is 59.9 Å². The molecule has 8 heteroatoms. The molecular weight excluding hydrogens is 544 g/mol. The molecule has 0 aliphatic heterocycles. The van der Waals surface area contributed by atoms with E-state index in [0.29, 0.717) is 11.3 Å². The molecule has 0 aliphatic carbocycles. The number of oxime groups is 1. The fourth-order valence-corrected chi connectivity index (χ4v) is 3.16. The summed E-state index contributed by atoms with van der Waals surface area (Å²) in [4.78, 5) is 17.0. The Kier molecular flexibility index (Phi) is 8.53. The number of benzene rings is 2. The van der Waals surface area contributed by atoms with Crippen molar-refractivity contribution in [2.75, 3.05) is 14.2 Å². The van der Waals surface area contributed by atoms with E-state index < -0.39 is 0 Å². The molecule has 142 valence electrons. The summed E-state index contributed by atoms with van der Waals surface area (Å²) in [6, 6.07) is 13.2. The van der Waals surface area contributed by atoms with Crippen LogP contribution < -0.4 is 10.1 Å². The predicted molar refractivity (Wildman–Crippen MR) is 118 cm³/mol. The fourth-order valence-electron chi connectivity index (χ4n) is 2.33. The molecule has 0 heterocycles. The van der Waals surface area contributed by atoms with E-state index in [-0.39, 0.29) is 18.2 Å². The smallest absolute Gasteiger partial charge is 0.273 e. The van der Waals surface area contributed by atoms with E-state index in [0.717, 1.165) is 19.0 Å². The fraction of sp³-hybridized carbons (Fsp3) is 0.158. The van der Waals surface area contributed by atoms with Gasteiger partial charge in [-0.1, -0.05) is 51.4 Å². The highest BCUT2D eigenvalue weighted by molar-refractivity contribution is 9.28. The summed E-state index contributed by atoms with van der Waals surface area (Å²) in [7, 11) is 2.95. The van der Waals surface area contributed by atoms with Crippen molar-refractivity contribution in [3.8, 4) is 5.75 Å². The van der Waals surface area contributed by atoms with Crippen LogP contribution in [-0.4, -0.2) is 25.8 Å². The third kappa shape index (κ3) is 6.19. The summed E-state index contributed by atoms with van der Waals surface area (Å²) < 4.78 is 7.75. The lowest BCUT2D eigenvalue weighted by Gasteiger charge is -2.14. The predicted octanol–water partition coefficient (Wildman–Crippen LogP) is 5.21. The molecule has 27 heavy (non-hydrogen) atoms. The molecule has 1 N–H and O–H groups in total. The Labute approximate surface area is 183 Å². The van der Waals surface area contributed by atoms with E-state index in [9.17, 15) is 4.79 Å². The van der Waals surface area contributed by atoms with Gasteiger partial charge in [0.05, 0.1) is 3.39 Å². The minimum absolute atomic E-state index is 0.191. The first-order valence-corrected chi connectivity index (χ1v) is 10.2. The molecule has 2 aromatic carbocycles. The van der Waals surface area contributed by atoms with Gasteiger partial charge in [-0.15, -0.1) is 0 Å². The number of hydrogen-bond acceptors (Lipinski definition) is 4. The highest BCUT2D eigenvalue weighted by Gasteiger charge is 2.17. The molecular formula is C19H17Br3N2O3. The monoisotopic (exact) mass is 558 g/mol. The number of halogens is 3. The highest BCUT2D eigenvalue weighted by atomic mass is 79.9. The van der Waals surface area contributed by atoms with Crippen molar-refractivity contribution in [3.63, 3.8) is 0 Å². The standard InChI is InChI=1S/C19H17Br3N2O3/c1-23-19(25)18(24-26-2)15-6-4-3-5-13(15)11-27-16-10-14(20)8-7-12(16)9-17(21)22/h3-10H,11H2,1-2H3,(H,23,25).